The van der Waals surface area contributed by atoms with Crippen molar-refractivity contribution in [1.82, 2.24) is 10.3 Å². The molecule has 1 aromatic heterocycles. The maximum atomic E-state index is 13.0. The summed E-state index contributed by atoms with van der Waals surface area (Å²) in [5, 5.41) is 3.48. The fourth-order valence-corrected chi connectivity index (χ4v) is 4.27. The van der Waals surface area contributed by atoms with Crippen LogP contribution in [0.1, 0.15) is 65.1 Å². The molecule has 1 aliphatic carbocycles. The monoisotopic (exact) mass is 418 g/mol. The summed E-state index contributed by atoms with van der Waals surface area (Å²) in [6, 6.07) is 18.5. The SMILES string of the molecule is Cc1ccc(-c2cc(C(=O)NCc3ccc(Cl)nc3)cc(C3CCCCC3)c2)cc1. The third-order valence-corrected chi connectivity index (χ3v) is 6.14. The molecule has 3 aromatic rings. The van der Waals surface area contributed by atoms with E-state index in [2.05, 4.69) is 53.6 Å². The molecule has 0 radical (unpaired) electrons. The van der Waals surface area contributed by atoms with Crippen LogP contribution in [-0.4, -0.2) is 10.9 Å². The summed E-state index contributed by atoms with van der Waals surface area (Å²) in [7, 11) is 0. The number of hydrogen-bond acceptors (Lipinski definition) is 2. The van der Waals surface area contributed by atoms with Crippen LogP contribution in [0.4, 0.5) is 0 Å². The lowest BCUT2D eigenvalue weighted by atomic mass is 9.82. The molecule has 0 spiro atoms. The molecular formula is C26H27ClN2O. The number of rotatable bonds is 5. The molecule has 1 amide bonds. The Hall–Kier alpha value is -2.65. The van der Waals surface area contributed by atoms with Gasteiger partial charge in [-0.15, -0.1) is 0 Å². The van der Waals surface area contributed by atoms with Crippen LogP contribution in [0.5, 0.6) is 0 Å². The molecule has 1 N–H and O–H groups in total. The number of carbonyl (C=O) groups is 1. The van der Waals surface area contributed by atoms with E-state index in [-0.39, 0.29) is 5.91 Å². The van der Waals surface area contributed by atoms with Crippen LogP contribution in [0, 0.1) is 6.92 Å². The first-order chi connectivity index (χ1) is 14.6. The van der Waals surface area contributed by atoms with E-state index in [1.165, 1.54) is 43.2 Å². The van der Waals surface area contributed by atoms with Crippen molar-refractivity contribution < 1.29 is 4.79 Å². The average Bonchev–Trinajstić information content (AvgIpc) is 2.79. The van der Waals surface area contributed by atoms with Gasteiger partial charge in [0.1, 0.15) is 5.15 Å². The first-order valence-corrected chi connectivity index (χ1v) is 11.1. The number of nitrogens with zero attached hydrogens (tertiary/aromatic N) is 1. The zero-order chi connectivity index (χ0) is 20.9. The van der Waals surface area contributed by atoms with Crippen LogP contribution in [0.15, 0.2) is 60.8 Å². The van der Waals surface area contributed by atoms with Gasteiger partial charge in [0, 0.05) is 18.3 Å². The molecule has 1 fully saturated rings. The summed E-state index contributed by atoms with van der Waals surface area (Å²) >= 11 is 5.85. The quantitative estimate of drug-likeness (QED) is 0.469. The normalized spacial score (nSPS) is 14.5. The van der Waals surface area contributed by atoms with E-state index in [0.29, 0.717) is 17.6 Å². The van der Waals surface area contributed by atoms with Gasteiger partial charge in [0.15, 0.2) is 0 Å². The van der Waals surface area contributed by atoms with Crippen molar-refractivity contribution in [2.24, 2.45) is 0 Å². The molecule has 4 heteroatoms. The second-order valence-electron chi connectivity index (χ2n) is 8.22. The highest BCUT2D eigenvalue weighted by atomic mass is 35.5. The lowest BCUT2D eigenvalue weighted by molar-refractivity contribution is 0.0950. The zero-order valence-corrected chi connectivity index (χ0v) is 18.1. The second-order valence-corrected chi connectivity index (χ2v) is 8.60. The zero-order valence-electron chi connectivity index (χ0n) is 17.3. The molecule has 1 saturated carbocycles. The number of halogens is 1. The summed E-state index contributed by atoms with van der Waals surface area (Å²) < 4.78 is 0. The van der Waals surface area contributed by atoms with Gasteiger partial charge in [-0.25, -0.2) is 4.98 Å². The smallest absolute Gasteiger partial charge is 0.251 e. The molecule has 1 aliphatic rings. The Morgan fingerprint density at radius 1 is 1.00 bits per heavy atom. The van der Waals surface area contributed by atoms with E-state index in [1.54, 1.807) is 12.3 Å². The van der Waals surface area contributed by atoms with E-state index >= 15 is 0 Å². The van der Waals surface area contributed by atoms with Crippen molar-refractivity contribution in [2.45, 2.75) is 51.5 Å². The van der Waals surface area contributed by atoms with Crippen LogP contribution in [-0.2, 0) is 6.54 Å². The van der Waals surface area contributed by atoms with Gasteiger partial charge in [-0.3, -0.25) is 4.79 Å². The first-order valence-electron chi connectivity index (χ1n) is 10.7. The Morgan fingerprint density at radius 2 is 1.77 bits per heavy atom. The van der Waals surface area contributed by atoms with Crippen LogP contribution >= 0.6 is 11.6 Å². The minimum absolute atomic E-state index is 0.0593. The minimum Gasteiger partial charge on any atom is -0.348 e. The molecule has 30 heavy (non-hydrogen) atoms. The van der Waals surface area contributed by atoms with E-state index in [1.807, 2.05) is 12.1 Å². The molecule has 4 rings (SSSR count). The van der Waals surface area contributed by atoms with Crippen LogP contribution < -0.4 is 5.32 Å². The Bertz CT molecular complexity index is 1010. The van der Waals surface area contributed by atoms with Crippen LogP contribution in [0.3, 0.4) is 0 Å². The Balaban J connectivity index is 1.61. The highest BCUT2D eigenvalue weighted by Crippen LogP contribution is 2.35. The van der Waals surface area contributed by atoms with Gasteiger partial charge < -0.3 is 5.32 Å². The number of aromatic nitrogens is 1. The fraction of sp³-hybridized carbons (Fsp3) is 0.308. The minimum atomic E-state index is -0.0593. The van der Waals surface area contributed by atoms with Crippen LogP contribution in [0.2, 0.25) is 5.15 Å². The lowest BCUT2D eigenvalue weighted by Crippen LogP contribution is -2.23. The molecule has 3 nitrogen and oxygen atoms in total. The number of amides is 1. The molecule has 0 saturated heterocycles. The predicted octanol–water partition coefficient (Wildman–Crippen LogP) is 6.69. The molecule has 0 aliphatic heterocycles. The molecule has 2 aromatic carbocycles. The molecule has 0 unspecified atom stereocenters. The Morgan fingerprint density at radius 3 is 2.47 bits per heavy atom. The number of hydrogen-bond donors (Lipinski definition) is 1. The molecular weight excluding hydrogens is 392 g/mol. The van der Waals surface area contributed by atoms with Crippen molar-refractivity contribution in [2.75, 3.05) is 0 Å². The lowest BCUT2D eigenvalue weighted by Gasteiger charge is -2.23. The van der Waals surface area contributed by atoms with Crippen molar-refractivity contribution in [3.05, 3.63) is 88.2 Å². The van der Waals surface area contributed by atoms with Gasteiger partial charge in [-0.05, 0) is 66.1 Å². The first kappa shape index (κ1) is 20.6. The average molecular weight is 419 g/mol. The second kappa shape index (κ2) is 9.44. The van der Waals surface area contributed by atoms with Crippen molar-refractivity contribution in [3.8, 4) is 11.1 Å². The van der Waals surface area contributed by atoms with Crippen molar-refractivity contribution in [1.29, 1.82) is 0 Å². The highest BCUT2D eigenvalue weighted by molar-refractivity contribution is 6.29. The van der Waals surface area contributed by atoms with E-state index in [0.717, 1.165) is 22.3 Å². The van der Waals surface area contributed by atoms with Gasteiger partial charge in [-0.2, -0.15) is 0 Å². The standard InChI is InChI=1S/C26H27ClN2O/c1-18-7-10-21(11-8-18)23-13-22(20-5-3-2-4-6-20)14-24(15-23)26(30)29-17-19-9-12-25(27)28-16-19/h7-16,20H,2-6,17H2,1H3,(H,29,30). The summed E-state index contributed by atoms with van der Waals surface area (Å²) in [5.74, 6) is 0.479. The molecule has 0 atom stereocenters. The number of benzene rings is 2. The molecule has 0 bridgehead atoms. The largest absolute Gasteiger partial charge is 0.348 e. The van der Waals surface area contributed by atoms with Gasteiger partial charge in [0.05, 0.1) is 0 Å². The third kappa shape index (κ3) is 5.09. The molecule has 1 heterocycles. The number of nitrogens with one attached hydrogen (secondary N) is 1. The highest BCUT2D eigenvalue weighted by Gasteiger charge is 2.19. The number of carbonyl (C=O) groups excluding carboxylic acids is 1. The summed E-state index contributed by atoms with van der Waals surface area (Å²) in [6.07, 6.45) is 7.95. The van der Waals surface area contributed by atoms with Crippen molar-refractivity contribution in [3.63, 3.8) is 0 Å². The van der Waals surface area contributed by atoms with Gasteiger partial charge >= 0.3 is 0 Å². The molecule has 154 valence electrons. The number of pyridine rings is 1. The maximum absolute atomic E-state index is 13.0. The number of aryl methyl sites for hydroxylation is 1. The van der Waals surface area contributed by atoms with Crippen molar-refractivity contribution >= 4 is 17.5 Å². The van der Waals surface area contributed by atoms with Gasteiger partial charge in [-0.1, -0.05) is 72.8 Å². The Kier molecular flexibility index (Phi) is 6.49. The van der Waals surface area contributed by atoms with Gasteiger partial charge in [0.2, 0.25) is 0 Å². The predicted molar refractivity (Wildman–Crippen MR) is 123 cm³/mol. The van der Waals surface area contributed by atoms with E-state index < -0.39 is 0 Å². The van der Waals surface area contributed by atoms with Crippen LogP contribution in [0.25, 0.3) is 11.1 Å². The Labute approximate surface area is 183 Å². The topological polar surface area (TPSA) is 42.0 Å². The summed E-state index contributed by atoms with van der Waals surface area (Å²) in [5.41, 5.74) is 6.42. The summed E-state index contributed by atoms with van der Waals surface area (Å²) in [6.45, 7) is 2.52. The summed E-state index contributed by atoms with van der Waals surface area (Å²) in [4.78, 5) is 17.1. The van der Waals surface area contributed by atoms with E-state index in [4.69, 9.17) is 11.6 Å². The maximum Gasteiger partial charge on any atom is 0.251 e. The van der Waals surface area contributed by atoms with E-state index in [9.17, 15) is 4.79 Å². The fourth-order valence-electron chi connectivity index (χ4n) is 4.16. The third-order valence-electron chi connectivity index (χ3n) is 5.92. The van der Waals surface area contributed by atoms with Gasteiger partial charge in [0.25, 0.3) is 5.91 Å².